The smallest absolute Gasteiger partial charge is 0.334 e. The summed E-state index contributed by atoms with van der Waals surface area (Å²) in [6.07, 6.45) is 3.04. The summed E-state index contributed by atoms with van der Waals surface area (Å²) in [6.45, 7) is 2.92. The van der Waals surface area contributed by atoms with Gasteiger partial charge in [-0.2, -0.15) is 0 Å². The van der Waals surface area contributed by atoms with E-state index in [0.717, 1.165) is 19.3 Å². The zero-order valence-electron chi connectivity index (χ0n) is 11.4. The van der Waals surface area contributed by atoms with Gasteiger partial charge in [-0.3, -0.25) is 24.3 Å². The van der Waals surface area contributed by atoms with Crippen LogP contribution in [-0.2, 0) is 11.3 Å². The van der Waals surface area contributed by atoms with E-state index in [2.05, 4.69) is 0 Å². The van der Waals surface area contributed by atoms with E-state index in [-0.39, 0.29) is 12.5 Å². The molecule has 1 saturated heterocycles. The Labute approximate surface area is 116 Å². The Morgan fingerprint density at radius 3 is 2.55 bits per heavy atom. The van der Waals surface area contributed by atoms with Gasteiger partial charge in [-0.05, 0) is 32.3 Å². The topological polar surface area (TPSA) is 85.5 Å². The molecule has 0 aromatic carbocycles. The predicted octanol–water partition coefficient (Wildman–Crippen LogP) is 1.08. The maximum Gasteiger partial charge on any atom is 0.334 e. The molecule has 108 valence electrons. The number of piperidine rings is 1. The molecule has 7 heteroatoms. The first-order valence-corrected chi connectivity index (χ1v) is 6.63. The monoisotopic (exact) mass is 279 g/mol. The van der Waals surface area contributed by atoms with Crippen molar-refractivity contribution in [2.75, 3.05) is 13.1 Å². The average molecular weight is 279 g/mol. The first-order valence-electron chi connectivity index (χ1n) is 6.63. The van der Waals surface area contributed by atoms with Crippen LogP contribution >= 0.6 is 0 Å². The second-order valence-corrected chi connectivity index (χ2v) is 4.95. The number of rotatable bonds is 3. The molecular formula is C13H17N3O4. The summed E-state index contributed by atoms with van der Waals surface area (Å²) in [4.78, 5) is 35.9. The van der Waals surface area contributed by atoms with Crippen LogP contribution in [0.1, 0.15) is 25.0 Å². The third-order valence-electron chi connectivity index (χ3n) is 3.57. The largest absolute Gasteiger partial charge is 0.341 e. The Morgan fingerprint density at radius 2 is 1.95 bits per heavy atom. The van der Waals surface area contributed by atoms with Gasteiger partial charge in [0.25, 0.3) is 0 Å². The van der Waals surface area contributed by atoms with Crippen LogP contribution in [-0.4, -0.2) is 33.4 Å². The van der Waals surface area contributed by atoms with Crippen LogP contribution in [0.4, 0.5) is 5.69 Å². The number of nitro groups is 1. The number of aromatic nitrogens is 1. The molecule has 1 aromatic heterocycles. The Balaban J connectivity index is 2.24. The van der Waals surface area contributed by atoms with Gasteiger partial charge in [-0.25, -0.2) is 0 Å². The highest BCUT2D eigenvalue weighted by molar-refractivity contribution is 5.76. The van der Waals surface area contributed by atoms with Crippen molar-refractivity contribution in [3.63, 3.8) is 0 Å². The Kier molecular flexibility index (Phi) is 4.16. The molecule has 0 atom stereocenters. The summed E-state index contributed by atoms with van der Waals surface area (Å²) in [6, 6.07) is 2.67. The van der Waals surface area contributed by atoms with Crippen molar-refractivity contribution in [1.29, 1.82) is 0 Å². The maximum absolute atomic E-state index is 12.1. The first kappa shape index (κ1) is 14.2. The summed E-state index contributed by atoms with van der Waals surface area (Å²) in [5.41, 5.74) is -0.673. The molecule has 1 aromatic rings. The van der Waals surface area contributed by atoms with Crippen molar-refractivity contribution in [2.45, 2.75) is 32.7 Å². The van der Waals surface area contributed by atoms with Gasteiger partial charge in [0.05, 0.1) is 4.92 Å². The minimum Gasteiger partial charge on any atom is -0.341 e. The second-order valence-electron chi connectivity index (χ2n) is 4.95. The van der Waals surface area contributed by atoms with Crippen molar-refractivity contribution in [3.05, 3.63) is 38.3 Å². The number of carbonyl (C=O) groups excluding carboxylic acids is 1. The highest BCUT2D eigenvalue weighted by atomic mass is 16.6. The van der Waals surface area contributed by atoms with Gasteiger partial charge < -0.3 is 4.90 Å². The lowest BCUT2D eigenvalue weighted by Crippen LogP contribution is -2.40. The summed E-state index contributed by atoms with van der Waals surface area (Å²) in [7, 11) is 0. The second kappa shape index (κ2) is 5.85. The molecule has 7 nitrogen and oxygen atoms in total. The molecule has 1 aliphatic rings. The zero-order chi connectivity index (χ0) is 14.7. The molecule has 1 aliphatic heterocycles. The molecule has 2 heterocycles. The fourth-order valence-electron chi connectivity index (χ4n) is 2.37. The lowest BCUT2D eigenvalue weighted by molar-refractivity contribution is -0.386. The normalized spacial score (nSPS) is 15.2. The van der Waals surface area contributed by atoms with Crippen molar-refractivity contribution in [2.24, 2.45) is 0 Å². The molecule has 0 aliphatic carbocycles. The van der Waals surface area contributed by atoms with Gasteiger partial charge in [-0.1, -0.05) is 0 Å². The van der Waals surface area contributed by atoms with Crippen molar-refractivity contribution in [1.82, 2.24) is 9.47 Å². The number of aryl methyl sites for hydroxylation is 1. The molecule has 0 unspecified atom stereocenters. The number of carbonyl (C=O) groups is 1. The third kappa shape index (κ3) is 2.87. The summed E-state index contributed by atoms with van der Waals surface area (Å²) in [5, 5.41) is 10.8. The van der Waals surface area contributed by atoms with Crippen LogP contribution in [0.15, 0.2) is 16.9 Å². The molecule has 20 heavy (non-hydrogen) atoms. The molecular weight excluding hydrogens is 262 g/mol. The molecule has 0 saturated carbocycles. The van der Waals surface area contributed by atoms with Crippen LogP contribution in [0.25, 0.3) is 0 Å². The molecule has 2 rings (SSSR count). The Morgan fingerprint density at radius 1 is 1.30 bits per heavy atom. The summed E-state index contributed by atoms with van der Waals surface area (Å²) >= 11 is 0. The van der Waals surface area contributed by atoms with Crippen molar-refractivity contribution < 1.29 is 9.72 Å². The van der Waals surface area contributed by atoms with Gasteiger partial charge in [0, 0.05) is 24.8 Å². The van der Waals surface area contributed by atoms with Crippen LogP contribution in [0.5, 0.6) is 0 Å². The van der Waals surface area contributed by atoms with Crippen LogP contribution in [0, 0.1) is 17.0 Å². The van der Waals surface area contributed by atoms with Gasteiger partial charge in [0.1, 0.15) is 6.54 Å². The minimum atomic E-state index is -0.722. The number of amides is 1. The number of nitrogens with zero attached hydrogens (tertiary/aromatic N) is 3. The molecule has 0 N–H and O–H groups in total. The summed E-state index contributed by atoms with van der Waals surface area (Å²) in [5.74, 6) is -0.157. The number of hydrogen-bond donors (Lipinski definition) is 0. The number of pyridine rings is 1. The van der Waals surface area contributed by atoms with Crippen LogP contribution in [0.2, 0.25) is 0 Å². The zero-order valence-corrected chi connectivity index (χ0v) is 11.4. The van der Waals surface area contributed by atoms with Gasteiger partial charge in [-0.15, -0.1) is 0 Å². The Hall–Kier alpha value is -2.18. The van der Waals surface area contributed by atoms with E-state index < -0.39 is 16.2 Å². The van der Waals surface area contributed by atoms with E-state index in [1.54, 1.807) is 11.8 Å². The fourth-order valence-corrected chi connectivity index (χ4v) is 2.37. The predicted molar refractivity (Wildman–Crippen MR) is 72.5 cm³/mol. The van der Waals surface area contributed by atoms with Gasteiger partial charge >= 0.3 is 11.2 Å². The quantitative estimate of drug-likeness (QED) is 0.612. The van der Waals surface area contributed by atoms with Crippen LogP contribution in [0.3, 0.4) is 0 Å². The highest BCUT2D eigenvalue weighted by Crippen LogP contribution is 2.10. The lowest BCUT2D eigenvalue weighted by atomic mass is 10.1. The average Bonchev–Trinajstić information content (AvgIpc) is 2.43. The minimum absolute atomic E-state index is 0.133. The standard InChI is InChI=1S/C13H17N3O4/c1-10-5-6-11(16(19)20)13(18)15(10)9-12(17)14-7-3-2-4-8-14/h5-6H,2-4,7-9H2,1H3. The first-order chi connectivity index (χ1) is 9.50. The lowest BCUT2D eigenvalue weighted by Gasteiger charge is -2.27. The summed E-state index contributed by atoms with van der Waals surface area (Å²) < 4.78 is 1.18. The highest BCUT2D eigenvalue weighted by Gasteiger charge is 2.21. The fraction of sp³-hybridized carbons (Fsp3) is 0.538. The van der Waals surface area contributed by atoms with Gasteiger partial charge in [0.15, 0.2) is 0 Å². The van der Waals surface area contributed by atoms with Crippen molar-refractivity contribution in [3.8, 4) is 0 Å². The number of likely N-dealkylation sites (tertiary alicyclic amines) is 1. The van der Waals surface area contributed by atoms with Crippen molar-refractivity contribution >= 4 is 11.6 Å². The third-order valence-corrected chi connectivity index (χ3v) is 3.57. The van der Waals surface area contributed by atoms with E-state index in [1.807, 2.05) is 0 Å². The van der Waals surface area contributed by atoms with E-state index >= 15 is 0 Å². The van der Waals surface area contributed by atoms with Crippen LogP contribution < -0.4 is 5.56 Å². The van der Waals surface area contributed by atoms with E-state index in [4.69, 9.17) is 0 Å². The van der Waals surface area contributed by atoms with E-state index in [1.165, 1.54) is 16.7 Å². The number of hydrogen-bond acceptors (Lipinski definition) is 4. The molecule has 0 spiro atoms. The molecule has 1 fully saturated rings. The molecule has 1 amide bonds. The van der Waals surface area contributed by atoms with E-state index in [0.29, 0.717) is 18.8 Å². The molecule has 0 radical (unpaired) electrons. The van der Waals surface area contributed by atoms with Gasteiger partial charge in [0.2, 0.25) is 5.91 Å². The van der Waals surface area contributed by atoms with E-state index in [9.17, 15) is 19.7 Å². The SMILES string of the molecule is Cc1ccc([N+](=O)[O-])c(=O)n1CC(=O)N1CCCCC1. The Bertz CT molecular complexity index is 588. The molecule has 0 bridgehead atoms. The maximum atomic E-state index is 12.1.